The summed E-state index contributed by atoms with van der Waals surface area (Å²) in [6.45, 7) is 9.68. The Morgan fingerprint density at radius 2 is 1.96 bits per heavy atom. The topological polar surface area (TPSA) is 78.0 Å². The lowest BCUT2D eigenvalue weighted by Gasteiger charge is -2.37. The minimum Gasteiger partial charge on any atom is -0.353 e. The van der Waals surface area contributed by atoms with Crippen molar-refractivity contribution in [2.24, 2.45) is 0 Å². The minimum atomic E-state index is -0.0307. The molecule has 0 spiro atoms. The number of fused-ring (bicyclic) bond motifs is 1. The summed E-state index contributed by atoms with van der Waals surface area (Å²) in [5.74, 6) is 1.66. The van der Waals surface area contributed by atoms with Crippen LogP contribution in [-0.2, 0) is 0 Å². The second-order valence-corrected chi connectivity index (χ2v) is 7.88. The number of piperazine rings is 1. The van der Waals surface area contributed by atoms with E-state index >= 15 is 0 Å². The van der Waals surface area contributed by atoms with E-state index < -0.39 is 0 Å². The van der Waals surface area contributed by atoms with Gasteiger partial charge in [0.2, 0.25) is 0 Å². The molecule has 1 aliphatic rings. The highest BCUT2D eigenvalue weighted by molar-refractivity contribution is 7.18. The van der Waals surface area contributed by atoms with Gasteiger partial charge >= 0.3 is 0 Å². The Labute approximate surface area is 155 Å². The van der Waals surface area contributed by atoms with Gasteiger partial charge in [-0.25, -0.2) is 9.97 Å². The first-order valence-electron chi connectivity index (χ1n) is 8.79. The van der Waals surface area contributed by atoms with E-state index in [1.807, 2.05) is 13.8 Å². The zero-order chi connectivity index (χ0) is 18.3. The summed E-state index contributed by atoms with van der Waals surface area (Å²) in [6.07, 6.45) is 5.21. The molecule has 1 N–H and O–H groups in total. The van der Waals surface area contributed by atoms with Crippen molar-refractivity contribution in [3.63, 3.8) is 0 Å². The maximum atomic E-state index is 12.5. The van der Waals surface area contributed by atoms with Crippen LogP contribution in [0.25, 0.3) is 10.2 Å². The number of rotatable bonds is 3. The van der Waals surface area contributed by atoms with Crippen LogP contribution in [0.2, 0.25) is 0 Å². The molecule has 136 valence electrons. The first-order chi connectivity index (χ1) is 12.5. The molecule has 1 saturated heterocycles. The van der Waals surface area contributed by atoms with Crippen molar-refractivity contribution in [3.05, 3.63) is 45.2 Å². The first-order valence-corrected chi connectivity index (χ1v) is 9.61. The third kappa shape index (κ3) is 2.99. The van der Waals surface area contributed by atoms with Crippen LogP contribution >= 0.6 is 11.3 Å². The average molecular weight is 370 g/mol. The number of thiophene rings is 1. The van der Waals surface area contributed by atoms with E-state index in [-0.39, 0.29) is 11.6 Å². The van der Waals surface area contributed by atoms with Crippen molar-refractivity contribution in [3.8, 4) is 0 Å². The molecular formula is C18H22N6OS. The SMILES string of the molecule is Cc1sc2nc([C@@H](C)N3CCN(c4cnccn4)CC3)[nH]c(=O)c2c1C. The third-order valence-electron chi connectivity index (χ3n) is 5.19. The molecule has 3 aromatic heterocycles. The van der Waals surface area contributed by atoms with E-state index in [0.29, 0.717) is 0 Å². The molecule has 26 heavy (non-hydrogen) atoms. The zero-order valence-corrected chi connectivity index (χ0v) is 16.0. The molecule has 0 amide bonds. The highest BCUT2D eigenvalue weighted by Crippen LogP contribution is 2.27. The van der Waals surface area contributed by atoms with Crippen LogP contribution in [0.3, 0.4) is 0 Å². The van der Waals surface area contributed by atoms with E-state index in [0.717, 1.165) is 58.5 Å². The lowest BCUT2D eigenvalue weighted by atomic mass is 10.2. The predicted molar refractivity (Wildman–Crippen MR) is 104 cm³/mol. The van der Waals surface area contributed by atoms with E-state index in [1.165, 1.54) is 0 Å². The summed E-state index contributed by atoms with van der Waals surface area (Å²) in [5, 5.41) is 0.732. The Morgan fingerprint density at radius 1 is 1.19 bits per heavy atom. The minimum absolute atomic E-state index is 0.0307. The summed E-state index contributed by atoms with van der Waals surface area (Å²) in [6, 6.07) is 0.0684. The van der Waals surface area contributed by atoms with E-state index in [1.54, 1.807) is 29.9 Å². The van der Waals surface area contributed by atoms with Gasteiger partial charge in [0, 0.05) is 43.4 Å². The molecule has 0 unspecified atom stereocenters. The fourth-order valence-electron chi connectivity index (χ4n) is 3.43. The highest BCUT2D eigenvalue weighted by Gasteiger charge is 2.25. The number of aryl methyl sites for hydroxylation is 2. The number of nitrogens with zero attached hydrogens (tertiary/aromatic N) is 5. The molecule has 1 aliphatic heterocycles. The van der Waals surface area contributed by atoms with E-state index in [2.05, 4.69) is 31.7 Å². The maximum absolute atomic E-state index is 12.5. The van der Waals surface area contributed by atoms with Crippen molar-refractivity contribution in [1.82, 2.24) is 24.8 Å². The maximum Gasteiger partial charge on any atom is 0.259 e. The largest absolute Gasteiger partial charge is 0.353 e. The summed E-state index contributed by atoms with van der Waals surface area (Å²) >= 11 is 1.60. The Kier molecular flexibility index (Phi) is 4.46. The molecule has 3 aromatic rings. The van der Waals surface area contributed by atoms with Crippen LogP contribution < -0.4 is 10.5 Å². The normalized spacial score (nSPS) is 17.0. The summed E-state index contributed by atoms with van der Waals surface area (Å²) < 4.78 is 0. The van der Waals surface area contributed by atoms with Gasteiger partial charge < -0.3 is 9.88 Å². The number of hydrogen-bond donors (Lipinski definition) is 1. The van der Waals surface area contributed by atoms with Crippen molar-refractivity contribution < 1.29 is 0 Å². The Balaban J connectivity index is 1.53. The van der Waals surface area contributed by atoms with Gasteiger partial charge in [0.15, 0.2) is 0 Å². The first kappa shape index (κ1) is 17.1. The quantitative estimate of drug-likeness (QED) is 0.762. The number of hydrogen-bond acceptors (Lipinski definition) is 7. The molecule has 0 aromatic carbocycles. The van der Waals surface area contributed by atoms with Crippen LogP contribution in [0.5, 0.6) is 0 Å². The van der Waals surface area contributed by atoms with Gasteiger partial charge in [-0.2, -0.15) is 0 Å². The second kappa shape index (κ2) is 6.77. The van der Waals surface area contributed by atoms with E-state index in [9.17, 15) is 4.79 Å². The number of aromatic amines is 1. The second-order valence-electron chi connectivity index (χ2n) is 6.68. The molecule has 7 nitrogen and oxygen atoms in total. The molecule has 4 heterocycles. The smallest absolute Gasteiger partial charge is 0.259 e. The van der Waals surface area contributed by atoms with Gasteiger partial charge in [-0.05, 0) is 26.3 Å². The van der Waals surface area contributed by atoms with Gasteiger partial charge in [-0.3, -0.25) is 14.7 Å². The van der Waals surface area contributed by atoms with Crippen molar-refractivity contribution in [2.45, 2.75) is 26.8 Å². The average Bonchev–Trinajstić information content (AvgIpc) is 2.96. The predicted octanol–water partition coefficient (Wildman–Crippen LogP) is 2.27. The standard InChI is InChI=1S/C18H22N6OS/c1-11-13(3)26-18-15(11)17(25)21-16(22-18)12(2)23-6-8-24(9-7-23)14-10-19-4-5-20-14/h4-5,10,12H,6-9H2,1-3H3,(H,21,22,25)/t12-/m1/s1. The zero-order valence-electron chi connectivity index (χ0n) is 15.2. The van der Waals surface area contributed by atoms with Gasteiger partial charge in [-0.1, -0.05) is 0 Å². The molecule has 8 heteroatoms. The van der Waals surface area contributed by atoms with Gasteiger partial charge in [0.25, 0.3) is 5.56 Å². The van der Waals surface area contributed by atoms with Crippen LogP contribution in [0.1, 0.15) is 29.2 Å². The number of anilines is 1. The Bertz CT molecular complexity index is 975. The van der Waals surface area contributed by atoms with Gasteiger partial charge in [0.05, 0.1) is 17.6 Å². The van der Waals surface area contributed by atoms with Crippen molar-refractivity contribution in [1.29, 1.82) is 0 Å². The van der Waals surface area contributed by atoms with Crippen molar-refractivity contribution in [2.75, 3.05) is 31.1 Å². The summed E-state index contributed by atoms with van der Waals surface area (Å²) in [5.41, 5.74) is 1.01. The fraction of sp³-hybridized carbons (Fsp3) is 0.444. The molecule has 1 fully saturated rings. The lowest BCUT2D eigenvalue weighted by Crippen LogP contribution is -2.47. The highest BCUT2D eigenvalue weighted by atomic mass is 32.1. The fourth-order valence-corrected chi connectivity index (χ4v) is 4.47. The molecule has 0 saturated carbocycles. The van der Waals surface area contributed by atoms with Crippen LogP contribution in [-0.4, -0.2) is 51.0 Å². The van der Waals surface area contributed by atoms with Crippen molar-refractivity contribution >= 4 is 27.4 Å². The number of aromatic nitrogens is 4. The van der Waals surface area contributed by atoms with Crippen LogP contribution in [0.4, 0.5) is 5.82 Å². The monoisotopic (exact) mass is 370 g/mol. The van der Waals surface area contributed by atoms with Crippen LogP contribution in [0, 0.1) is 13.8 Å². The molecule has 0 aliphatic carbocycles. The number of H-pyrrole nitrogens is 1. The Morgan fingerprint density at radius 3 is 2.65 bits per heavy atom. The molecule has 0 bridgehead atoms. The molecular weight excluding hydrogens is 348 g/mol. The lowest BCUT2D eigenvalue weighted by molar-refractivity contribution is 0.191. The van der Waals surface area contributed by atoms with Gasteiger partial charge in [-0.15, -0.1) is 11.3 Å². The number of nitrogens with one attached hydrogen (secondary N) is 1. The Hall–Kier alpha value is -2.32. The third-order valence-corrected chi connectivity index (χ3v) is 6.29. The molecule has 0 radical (unpaired) electrons. The van der Waals surface area contributed by atoms with Gasteiger partial charge in [0.1, 0.15) is 16.5 Å². The van der Waals surface area contributed by atoms with E-state index in [4.69, 9.17) is 4.98 Å². The van der Waals surface area contributed by atoms with Crippen LogP contribution in [0.15, 0.2) is 23.4 Å². The molecule has 4 rings (SSSR count). The molecule has 1 atom stereocenters. The summed E-state index contributed by atoms with van der Waals surface area (Å²) in [4.78, 5) is 35.4. The summed E-state index contributed by atoms with van der Waals surface area (Å²) in [7, 11) is 0.